The molecule has 0 fully saturated rings. The first kappa shape index (κ1) is 4.12. The molecule has 0 aliphatic heterocycles. The van der Waals surface area contributed by atoms with E-state index in [2.05, 4.69) is 17.9 Å². The summed E-state index contributed by atoms with van der Waals surface area (Å²) in [6.45, 7) is 3.49. The molecule has 1 aromatic heterocycles. The third kappa shape index (κ3) is 0.682. The van der Waals surface area contributed by atoms with Crippen LogP contribution in [-0.4, -0.2) is 9.55 Å². The van der Waals surface area contributed by atoms with Gasteiger partial charge in [0.2, 0.25) is 0 Å². The Balaban J connectivity index is 2.96. The van der Waals surface area contributed by atoms with Crippen molar-refractivity contribution in [3.8, 4) is 0 Å². The van der Waals surface area contributed by atoms with E-state index in [1.807, 2.05) is 0 Å². The Labute approximate surface area is 42.1 Å². The second-order valence-electron chi connectivity index (χ2n) is 1.12. The van der Waals surface area contributed by atoms with Crippen molar-refractivity contribution >= 4 is 6.20 Å². The maximum atomic E-state index is 3.66. The zero-order valence-corrected chi connectivity index (χ0v) is 3.83. The number of hydrogen-bond donors (Lipinski definition) is 0. The van der Waals surface area contributed by atoms with Gasteiger partial charge < -0.3 is 4.57 Å². The van der Waals surface area contributed by atoms with Crippen LogP contribution in [0.5, 0.6) is 0 Å². The first-order valence-corrected chi connectivity index (χ1v) is 1.96. The predicted octanol–water partition coefficient (Wildman–Crippen LogP) is 0.784. The summed E-state index contributed by atoms with van der Waals surface area (Å²) in [6.07, 6.45) is 7.69. The standard InChI is InChI=1S/C5H5N2/c1-2-7-4-3-6-5-7/h2-4H,1H2. The third-order valence-electron chi connectivity index (χ3n) is 0.672. The fraction of sp³-hybridized carbons (Fsp3) is 0. The molecule has 0 aliphatic rings. The summed E-state index contributed by atoms with van der Waals surface area (Å²) < 4.78 is 1.65. The van der Waals surface area contributed by atoms with E-state index < -0.39 is 0 Å². The molecule has 0 bridgehead atoms. The highest BCUT2D eigenvalue weighted by Gasteiger charge is 1.75. The van der Waals surface area contributed by atoms with Crippen LogP contribution in [0.25, 0.3) is 6.20 Å². The zero-order valence-electron chi connectivity index (χ0n) is 3.83. The predicted molar refractivity (Wildman–Crippen MR) is 27.4 cm³/mol. The molecular formula is C5H5N2. The maximum absolute atomic E-state index is 3.66. The number of nitrogens with zero attached hydrogens (tertiary/aromatic N) is 2. The molecule has 0 saturated carbocycles. The lowest BCUT2D eigenvalue weighted by atomic mass is 10.9. The zero-order chi connectivity index (χ0) is 5.11. The smallest absolute Gasteiger partial charge is 0.180 e. The van der Waals surface area contributed by atoms with Crippen LogP contribution in [-0.2, 0) is 0 Å². The summed E-state index contributed by atoms with van der Waals surface area (Å²) in [7, 11) is 0. The molecule has 0 spiro atoms. The average molecular weight is 93.1 g/mol. The van der Waals surface area contributed by atoms with Crippen LogP contribution in [0.4, 0.5) is 0 Å². The summed E-state index contributed by atoms with van der Waals surface area (Å²) in [5.74, 6) is 0. The molecule has 1 aromatic rings. The van der Waals surface area contributed by atoms with Gasteiger partial charge in [-0.2, -0.15) is 0 Å². The van der Waals surface area contributed by atoms with Crippen LogP contribution in [0, 0.1) is 6.33 Å². The highest BCUT2D eigenvalue weighted by atomic mass is 15.0. The number of rotatable bonds is 1. The van der Waals surface area contributed by atoms with Gasteiger partial charge in [-0.15, -0.1) is 0 Å². The highest BCUT2D eigenvalue weighted by Crippen LogP contribution is 1.80. The molecule has 2 nitrogen and oxygen atoms in total. The Morgan fingerprint density at radius 2 is 2.71 bits per heavy atom. The van der Waals surface area contributed by atoms with Crippen molar-refractivity contribution in [2.24, 2.45) is 0 Å². The molecule has 1 heterocycles. The number of hydrogen-bond acceptors (Lipinski definition) is 1. The molecule has 0 aliphatic carbocycles. The molecule has 0 amide bonds. The molecule has 0 atom stereocenters. The Bertz CT molecular complexity index is 141. The van der Waals surface area contributed by atoms with E-state index in [1.165, 1.54) is 0 Å². The normalized spacial score (nSPS) is 8.57. The van der Waals surface area contributed by atoms with E-state index in [0.717, 1.165) is 0 Å². The fourth-order valence-corrected chi connectivity index (χ4v) is 0.340. The van der Waals surface area contributed by atoms with Gasteiger partial charge in [-0.25, -0.2) is 4.98 Å². The van der Waals surface area contributed by atoms with E-state index in [-0.39, 0.29) is 0 Å². The molecule has 0 saturated heterocycles. The monoisotopic (exact) mass is 93.0 g/mol. The van der Waals surface area contributed by atoms with E-state index in [0.29, 0.717) is 0 Å². The lowest BCUT2D eigenvalue weighted by molar-refractivity contribution is 1.12. The Kier molecular flexibility index (Phi) is 0.941. The minimum absolute atomic E-state index is 1.63. The molecule has 1 rings (SSSR count). The Morgan fingerprint density at radius 3 is 3.00 bits per heavy atom. The van der Waals surface area contributed by atoms with Gasteiger partial charge in [-0.1, -0.05) is 6.58 Å². The van der Waals surface area contributed by atoms with Gasteiger partial charge in [0.1, 0.15) is 0 Å². The van der Waals surface area contributed by atoms with Crippen LogP contribution in [0.15, 0.2) is 19.0 Å². The lowest BCUT2D eigenvalue weighted by Gasteiger charge is -1.79. The van der Waals surface area contributed by atoms with Gasteiger partial charge in [-0.3, -0.25) is 0 Å². The Morgan fingerprint density at radius 1 is 1.86 bits per heavy atom. The summed E-state index contributed by atoms with van der Waals surface area (Å²) in [4.78, 5) is 3.66. The third-order valence-corrected chi connectivity index (χ3v) is 0.672. The summed E-state index contributed by atoms with van der Waals surface area (Å²) in [6, 6.07) is 0. The fourth-order valence-electron chi connectivity index (χ4n) is 0.340. The van der Waals surface area contributed by atoms with E-state index in [4.69, 9.17) is 0 Å². The van der Waals surface area contributed by atoms with Crippen molar-refractivity contribution < 1.29 is 0 Å². The SMILES string of the molecule is C=Cn1[c]ncc1. The van der Waals surface area contributed by atoms with Crippen molar-refractivity contribution in [1.29, 1.82) is 0 Å². The van der Waals surface area contributed by atoms with Crippen molar-refractivity contribution in [3.05, 3.63) is 25.3 Å². The molecule has 35 valence electrons. The molecular weight excluding hydrogens is 88.1 g/mol. The summed E-state index contributed by atoms with van der Waals surface area (Å²) in [5, 5.41) is 0. The molecule has 0 N–H and O–H groups in total. The quantitative estimate of drug-likeness (QED) is 0.501. The highest BCUT2D eigenvalue weighted by molar-refractivity contribution is 5.13. The van der Waals surface area contributed by atoms with Gasteiger partial charge >= 0.3 is 0 Å². The van der Waals surface area contributed by atoms with Crippen LogP contribution in [0.2, 0.25) is 0 Å². The minimum atomic E-state index is 1.63. The van der Waals surface area contributed by atoms with Gasteiger partial charge in [0.05, 0.1) is 0 Å². The largest absolute Gasteiger partial charge is 0.305 e. The van der Waals surface area contributed by atoms with E-state index in [1.54, 1.807) is 23.2 Å². The van der Waals surface area contributed by atoms with Gasteiger partial charge in [-0.05, 0) is 0 Å². The molecule has 1 radical (unpaired) electrons. The summed E-state index contributed by atoms with van der Waals surface area (Å²) in [5.41, 5.74) is 0. The second-order valence-corrected chi connectivity index (χ2v) is 1.12. The number of imidazole rings is 1. The summed E-state index contributed by atoms with van der Waals surface area (Å²) >= 11 is 0. The molecule has 7 heavy (non-hydrogen) atoms. The van der Waals surface area contributed by atoms with E-state index >= 15 is 0 Å². The van der Waals surface area contributed by atoms with Crippen molar-refractivity contribution in [1.82, 2.24) is 9.55 Å². The molecule has 2 heteroatoms. The Hall–Kier alpha value is -1.05. The van der Waals surface area contributed by atoms with E-state index in [9.17, 15) is 0 Å². The van der Waals surface area contributed by atoms with Crippen molar-refractivity contribution in [2.75, 3.05) is 0 Å². The van der Waals surface area contributed by atoms with Crippen LogP contribution >= 0.6 is 0 Å². The van der Waals surface area contributed by atoms with Gasteiger partial charge in [0, 0.05) is 18.6 Å². The van der Waals surface area contributed by atoms with Crippen molar-refractivity contribution in [2.45, 2.75) is 0 Å². The van der Waals surface area contributed by atoms with Crippen LogP contribution in [0.3, 0.4) is 0 Å². The van der Waals surface area contributed by atoms with Crippen LogP contribution < -0.4 is 0 Å². The topological polar surface area (TPSA) is 17.8 Å². The van der Waals surface area contributed by atoms with Gasteiger partial charge in [0.25, 0.3) is 0 Å². The van der Waals surface area contributed by atoms with Crippen molar-refractivity contribution in [3.63, 3.8) is 0 Å². The molecule has 0 unspecified atom stereocenters. The second kappa shape index (κ2) is 1.60. The lowest BCUT2D eigenvalue weighted by Crippen LogP contribution is -1.74. The first-order valence-electron chi connectivity index (χ1n) is 1.96. The first-order chi connectivity index (χ1) is 3.43. The average Bonchev–Trinajstić information content (AvgIpc) is 2.14. The molecule has 0 aromatic carbocycles. The maximum Gasteiger partial charge on any atom is 0.180 e. The van der Waals surface area contributed by atoms with Crippen LogP contribution in [0.1, 0.15) is 0 Å². The van der Waals surface area contributed by atoms with Gasteiger partial charge in [0.15, 0.2) is 6.33 Å². The minimum Gasteiger partial charge on any atom is -0.305 e. The number of aromatic nitrogens is 2.